The first-order valence-corrected chi connectivity index (χ1v) is 5.12. The lowest BCUT2D eigenvalue weighted by atomic mass is 9.99. The fourth-order valence-corrected chi connectivity index (χ4v) is 1.57. The van der Waals surface area contributed by atoms with Crippen molar-refractivity contribution < 1.29 is 14.9 Å². The molecule has 3 heteroatoms. The fourth-order valence-electron chi connectivity index (χ4n) is 1.57. The molecule has 0 saturated heterocycles. The number of methoxy groups -OCH3 is 1. The van der Waals surface area contributed by atoms with Crippen molar-refractivity contribution in [2.24, 2.45) is 0 Å². The van der Waals surface area contributed by atoms with Gasteiger partial charge in [0.25, 0.3) is 0 Å². The molecule has 0 spiro atoms. The second kappa shape index (κ2) is 4.58. The first-order chi connectivity index (χ1) is 7.33. The molecule has 0 bridgehead atoms. The Labute approximate surface area is 96.0 Å². The number of rotatable bonds is 3. The normalized spacial score (nSPS) is 12.7. The van der Waals surface area contributed by atoms with E-state index in [-0.39, 0.29) is 5.75 Å². The van der Waals surface area contributed by atoms with Gasteiger partial charge >= 0.3 is 0 Å². The topological polar surface area (TPSA) is 49.7 Å². The van der Waals surface area contributed by atoms with Crippen molar-refractivity contribution in [2.75, 3.05) is 7.11 Å². The summed E-state index contributed by atoms with van der Waals surface area (Å²) in [5, 5.41) is 19.4. The summed E-state index contributed by atoms with van der Waals surface area (Å²) in [6, 6.07) is 5.01. The summed E-state index contributed by atoms with van der Waals surface area (Å²) >= 11 is 0. The SMILES string of the molecule is COc1ccc(O)c(C(C)=CC(C)(C)O)c1. The molecule has 0 unspecified atom stereocenters. The monoisotopic (exact) mass is 222 g/mol. The van der Waals surface area contributed by atoms with Crippen LogP contribution in [-0.2, 0) is 0 Å². The van der Waals surface area contributed by atoms with E-state index in [0.717, 1.165) is 5.57 Å². The zero-order chi connectivity index (χ0) is 12.3. The molecule has 0 amide bonds. The second-order valence-corrected chi connectivity index (χ2v) is 4.36. The Kier molecular flexibility index (Phi) is 3.60. The first kappa shape index (κ1) is 12.6. The number of benzene rings is 1. The summed E-state index contributed by atoms with van der Waals surface area (Å²) in [4.78, 5) is 0. The summed E-state index contributed by atoms with van der Waals surface area (Å²) < 4.78 is 5.09. The van der Waals surface area contributed by atoms with Crippen LogP contribution in [0.2, 0.25) is 0 Å². The van der Waals surface area contributed by atoms with Gasteiger partial charge in [0.05, 0.1) is 12.7 Å². The standard InChI is InChI=1S/C13H18O3/c1-9(8-13(2,3)15)11-7-10(16-4)5-6-12(11)14/h5-8,14-15H,1-4H3. The number of hydrogen-bond donors (Lipinski definition) is 2. The Hall–Kier alpha value is -1.48. The highest BCUT2D eigenvalue weighted by atomic mass is 16.5. The van der Waals surface area contributed by atoms with Crippen LogP contribution in [0.1, 0.15) is 26.3 Å². The van der Waals surface area contributed by atoms with Crippen molar-refractivity contribution in [2.45, 2.75) is 26.4 Å². The quantitative estimate of drug-likeness (QED) is 0.826. The van der Waals surface area contributed by atoms with Crippen LogP contribution in [0, 0.1) is 0 Å². The van der Waals surface area contributed by atoms with Crippen LogP contribution in [0.4, 0.5) is 0 Å². The van der Waals surface area contributed by atoms with E-state index in [1.165, 1.54) is 0 Å². The third-order valence-electron chi connectivity index (χ3n) is 2.20. The zero-order valence-corrected chi connectivity index (χ0v) is 10.1. The number of hydrogen-bond acceptors (Lipinski definition) is 3. The van der Waals surface area contributed by atoms with E-state index < -0.39 is 5.60 Å². The number of aromatic hydroxyl groups is 1. The molecule has 2 N–H and O–H groups in total. The average Bonchev–Trinajstić information content (AvgIpc) is 2.15. The van der Waals surface area contributed by atoms with Crippen LogP contribution in [0.25, 0.3) is 5.57 Å². The fraction of sp³-hybridized carbons (Fsp3) is 0.385. The van der Waals surface area contributed by atoms with E-state index in [9.17, 15) is 10.2 Å². The van der Waals surface area contributed by atoms with E-state index in [4.69, 9.17) is 4.74 Å². The van der Waals surface area contributed by atoms with Crippen molar-refractivity contribution in [1.82, 2.24) is 0 Å². The molecule has 0 aliphatic heterocycles. The lowest BCUT2D eigenvalue weighted by molar-refractivity contribution is 0.133. The lowest BCUT2D eigenvalue weighted by Crippen LogP contribution is -2.14. The van der Waals surface area contributed by atoms with Gasteiger partial charge < -0.3 is 14.9 Å². The highest BCUT2D eigenvalue weighted by Gasteiger charge is 2.12. The van der Waals surface area contributed by atoms with E-state index >= 15 is 0 Å². The summed E-state index contributed by atoms with van der Waals surface area (Å²) in [6.45, 7) is 5.22. The first-order valence-electron chi connectivity index (χ1n) is 5.12. The maximum absolute atomic E-state index is 9.72. The van der Waals surface area contributed by atoms with E-state index in [1.54, 1.807) is 45.2 Å². The maximum atomic E-state index is 9.72. The van der Waals surface area contributed by atoms with Gasteiger partial charge in [-0.1, -0.05) is 6.08 Å². The summed E-state index contributed by atoms with van der Waals surface area (Å²) in [5.74, 6) is 0.857. The number of allylic oxidation sites excluding steroid dienone is 1. The van der Waals surface area contributed by atoms with Crippen LogP contribution in [0.5, 0.6) is 11.5 Å². The maximum Gasteiger partial charge on any atom is 0.123 e. The van der Waals surface area contributed by atoms with Crippen LogP contribution in [-0.4, -0.2) is 22.9 Å². The Morgan fingerprint density at radius 3 is 2.50 bits per heavy atom. The molecule has 1 rings (SSSR count). The van der Waals surface area contributed by atoms with Crippen molar-refractivity contribution in [3.05, 3.63) is 29.8 Å². The highest BCUT2D eigenvalue weighted by molar-refractivity contribution is 5.70. The van der Waals surface area contributed by atoms with Gasteiger partial charge in [0.1, 0.15) is 11.5 Å². The molecule has 3 nitrogen and oxygen atoms in total. The highest BCUT2D eigenvalue weighted by Crippen LogP contribution is 2.30. The molecular weight excluding hydrogens is 204 g/mol. The molecule has 1 aromatic rings. The van der Waals surface area contributed by atoms with Gasteiger partial charge in [-0.15, -0.1) is 0 Å². The number of ether oxygens (including phenoxy) is 1. The number of aliphatic hydroxyl groups is 1. The smallest absolute Gasteiger partial charge is 0.123 e. The molecule has 0 atom stereocenters. The minimum absolute atomic E-state index is 0.179. The third kappa shape index (κ3) is 3.28. The van der Waals surface area contributed by atoms with Crippen molar-refractivity contribution in [3.8, 4) is 11.5 Å². The Morgan fingerprint density at radius 2 is 2.00 bits per heavy atom. The molecular formula is C13H18O3. The molecule has 1 aromatic carbocycles. The molecule has 0 fully saturated rings. The second-order valence-electron chi connectivity index (χ2n) is 4.36. The van der Waals surface area contributed by atoms with Gasteiger partial charge in [0.15, 0.2) is 0 Å². The van der Waals surface area contributed by atoms with Gasteiger partial charge in [0.2, 0.25) is 0 Å². The minimum atomic E-state index is -0.903. The van der Waals surface area contributed by atoms with Crippen LogP contribution in [0.15, 0.2) is 24.3 Å². The van der Waals surface area contributed by atoms with Gasteiger partial charge in [-0.2, -0.15) is 0 Å². The van der Waals surface area contributed by atoms with Crippen LogP contribution in [0.3, 0.4) is 0 Å². The average molecular weight is 222 g/mol. The van der Waals surface area contributed by atoms with Gasteiger partial charge in [-0.3, -0.25) is 0 Å². The lowest BCUT2D eigenvalue weighted by Gasteiger charge is -2.14. The van der Waals surface area contributed by atoms with E-state index in [2.05, 4.69) is 0 Å². The van der Waals surface area contributed by atoms with Crippen molar-refractivity contribution in [3.63, 3.8) is 0 Å². The summed E-state index contributed by atoms with van der Waals surface area (Å²) in [6.07, 6.45) is 1.70. The van der Waals surface area contributed by atoms with Gasteiger partial charge in [-0.25, -0.2) is 0 Å². The predicted octanol–water partition coefficient (Wildman–Crippen LogP) is 2.58. The molecule has 0 aromatic heterocycles. The Balaban J connectivity index is 3.17. The molecule has 16 heavy (non-hydrogen) atoms. The summed E-state index contributed by atoms with van der Waals surface area (Å²) in [7, 11) is 1.57. The third-order valence-corrected chi connectivity index (χ3v) is 2.20. The minimum Gasteiger partial charge on any atom is -0.507 e. The number of phenolic OH excluding ortho intramolecular Hbond substituents is 1. The van der Waals surface area contributed by atoms with Gasteiger partial charge in [-0.05, 0) is 44.5 Å². The predicted molar refractivity (Wildman–Crippen MR) is 64.6 cm³/mol. The van der Waals surface area contributed by atoms with E-state index in [1.807, 2.05) is 6.92 Å². The molecule has 0 heterocycles. The summed E-state index contributed by atoms with van der Waals surface area (Å²) in [5.41, 5.74) is 0.574. The van der Waals surface area contributed by atoms with E-state index in [0.29, 0.717) is 11.3 Å². The largest absolute Gasteiger partial charge is 0.507 e. The molecule has 0 aliphatic carbocycles. The Morgan fingerprint density at radius 1 is 1.38 bits per heavy atom. The van der Waals surface area contributed by atoms with Crippen molar-refractivity contribution >= 4 is 5.57 Å². The zero-order valence-electron chi connectivity index (χ0n) is 10.1. The molecule has 0 aliphatic rings. The van der Waals surface area contributed by atoms with Crippen LogP contribution < -0.4 is 4.74 Å². The molecule has 88 valence electrons. The van der Waals surface area contributed by atoms with Crippen LogP contribution >= 0.6 is 0 Å². The Bertz CT molecular complexity index is 400. The van der Waals surface area contributed by atoms with Gasteiger partial charge in [0, 0.05) is 5.56 Å². The molecule has 0 saturated carbocycles. The molecule has 0 radical (unpaired) electrons. The van der Waals surface area contributed by atoms with Crippen molar-refractivity contribution in [1.29, 1.82) is 0 Å². The number of phenols is 1.